The largest absolute Gasteiger partial charge is 0.361 e. The molecule has 0 amide bonds. The van der Waals surface area contributed by atoms with Gasteiger partial charge in [-0.25, -0.2) is 0 Å². The Morgan fingerprint density at radius 1 is 0.929 bits per heavy atom. The van der Waals surface area contributed by atoms with Crippen molar-refractivity contribution in [3.63, 3.8) is 0 Å². The van der Waals surface area contributed by atoms with Gasteiger partial charge in [-0.05, 0) is 46.6 Å². The lowest BCUT2D eigenvalue weighted by molar-refractivity contribution is -0.193. The first-order valence-electron chi connectivity index (χ1n) is 5.59. The zero-order chi connectivity index (χ0) is 10.2. The molecule has 0 aromatic rings. The first-order chi connectivity index (χ1) is 6.57. The summed E-state index contributed by atoms with van der Waals surface area (Å²) in [6.45, 7) is 6.07. The van der Waals surface area contributed by atoms with Crippen LogP contribution in [-0.2, 0) is 9.47 Å². The van der Waals surface area contributed by atoms with Crippen molar-refractivity contribution >= 4 is 0 Å². The van der Waals surface area contributed by atoms with Crippen LogP contribution in [0.4, 0.5) is 0 Å². The fourth-order valence-electron chi connectivity index (χ4n) is 2.43. The highest BCUT2D eigenvalue weighted by atomic mass is 16.6. The molecule has 3 heteroatoms. The summed E-state index contributed by atoms with van der Waals surface area (Å²) in [5.74, 6) is 0. The van der Waals surface area contributed by atoms with Crippen molar-refractivity contribution in [3.05, 3.63) is 0 Å². The van der Waals surface area contributed by atoms with Gasteiger partial charge < -0.3 is 9.47 Å². The summed E-state index contributed by atoms with van der Waals surface area (Å²) in [6, 6.07) is 0. The Morgan fingerprint density at radius 3 is 1.79 bits per heavy atom. The predicted molar refractivity (Wildman–Crippen MR) is 54.9 cm³/mol. The highest BCUT2D eigenvalue weighted by molar-refractivity contribution is 4.93. The van der Waals surface area contributed by atoms with Crippen molar-refractivity contribution in [2.75, 3.05) is 20.3 Å². The van der Waals surface area contributed by atoms with Crippen molar-refractivity contribution < 1.29 is 9.47 Å². The minimum Gasteiger partial charge on any atom is -0.361 e. The topological polar surface area (TPSA) is 21.7 Å². The number of ether oxygens (including phenoxy) is 2. The molecular weight excluding hydrogens is 178 g/mol. The van der Waals surface area contributed by atoms with E-state index in [0.29, 0.717) is 0 Å². The lowest BCUT2D eigenvalue weighted by atomic mass is 10.1. The third-order valence-corrected chi connectivity index (χ3v) is 3.84. The van der Waals surface area contributed by atoms with Crippen molar-refractivity contribution in [1.29, 1.82) is 0 Å². The Kier molecular flexibility index (Phi) is 2.58. The van der Waals surface area contributed by atoms with Gasteiger partial charge >= 0.3 is 0 Å². The average Bonchev–Trinajstić information content (AvgIpc) is 2.41. The maximum Gasteiger partial charge on any atom is 0.120 e. The first-order valence-corrected chi connectivity index (χ1v) is 5.59. The third kappa shape index (κ3) is 1.58. The quantitative estimate of drug-likeness (QED) is 0.595. The van der Waals surface area contributed by atoms with E-state index in [0.717, 1.165) is 38.9 Å². The van der Waals surface area contributed by atoms with Gasteiger partial charge in [0.15, 0.2) is 0 Å². The fraction of sp³-hybridized carbons (Fsp3) is 1.00. The number of fused-ring (bicyclic) bond motifs is 2. The minimum absolute atomic E-state index is 0.112. The lowest BCUT2D eigenvalue weighted by Crippen LogP contribution is -2.51. The SMILES string of the molecule is CN1C2(C)CCC1(C)OCCCCO2. The monoisotopic (exact) mass is 199 g/mol. The number of hydrogen-bond acceptors (Lipinski definition) is 3. The van der Waals surface area contributed by atoms with Crippen LogP contribution in [0.1, 0.15) is 39.5 Å². The summed E-state index contributed by atoms with van der Waals surface area (Å²) in [5, 5.41) is 0. The summed E-state index contributed by atoms with van der Waals surface area (Å²) < 4.78 is 11.9. The Morgan fingerprint density at radius 2 is 1.36 bits per heavy atom. The van der Waals surface area contributed by atoms with Gasteiger partial charge in [-0.15, -0.1) is 0 Å². The molecule has 14 heavy (non-hydrogen) atoms. The van der Waals surface area contributed by atoms with E-state index in [1.54, 1.807) is 0 Å². The molecule has 0 saturated carbocycles. The highest BCUT2D eigenvalue weighted by Crippen LogP contribution is 2.41. The molecule has 0 aliphatic carbocycles. The summed E-state index contributed by atoms with van der Waals surface area (Å²) in [7, 11) is 2.11. The van der Waals surface area contributed by atoms with E-state index in [2.05, 4.69) is 25.8 Å². The Balaban J connectivity index is 2.19. The predicted octanol–water partition coefficient (Wildman–Crippen LogP) is 1.97. The molecule has 3 nitrogen and oxygen atoms in total. The number of rotatable bonds is 0. The molecule has 2 fully saturated rings. The molecule has 0 N–H and O–H groups in total. The summed E-state index contributed by atoms with van der Waals surface area (Å²) in [4.78, 5) is 2.26. The van der Waals surface area contributed by atoms with Crippen LogP contribution in [0, 0.1) is 0 Å². The van der Waals surface area contributed by atoms with Gasteiger partial charge in [0, 0.05) is 13.2 Å². The van der Waals surface area contributed by atoms with Crippen LogP contribution in [0.5, 0.6) is 0 Å². The normalized spacial score (nSPS) is 45.6. The highest BCUT2D eigenvalue weighted by Gasteiger charge is 2.49. The van der Waals surface area contributed by atoms with Crippen LogP contribution in [0.15, 0.2) is 0 Å². The second-order valence-electron chi connectivity index (χ2n) is 4.81. The van der Waals surface area contributed by atoms with Gasteiger partial charge in [0.2, 0.25) is 0 Å². The Bertz CT molecular complexity index is 199. The van der Waals surface area contributed by atoms with E-state index in [1.165, 1.54) is 0 Å². The smallest absolute Gasteiger partial charge is 0.120 e. The third-order valence-electron chi connectivity index (χ3n) is 3.84. The lowest BCUT2D eigenvalue weighted by Gasteiger charge is -2.39. The van der Waals surface area contributed by atoms with Crippen LogP contribution >= 0.6 is 0 Å². The minimum atomic E-state index is -0.112. The Hall–Kier alpha value is -0.120. The molecule has 2 saturated heterocycles. The molecule has 0 aromatic heterocycles. The van der Waals surface area contributed by atoms with E-state index in [-0.39, 0.29) is 11.4 Å². The number of nitrogens with zero attached hydrogens (tertiary/aromatic N) is 1. The van der Waals surface area contributed by atoms with E-state index in [4.69, 9.17) is 9.47 Å². The molecule has 2 aliphatic rings. The molecule has 2 rings (SSSR count). The standard InChI is InChI=1S/C11H21NO2/c1-10-6-7-11(2,12(10)3)14-9-5-4-8-13-10/h4-9H2,1-3H3. The van der Waals surface area contributed by atoms with E-state index in [9.17, 15) is 0 Å². The van der Waals surface area contributed by atoms with Gasteiger partial charge in [-0.1, -0.05) is 0 Å². The van der Waals surface area contributed by atoms with Gasteiger partial charge in [0.05, 0.1) is 0 Å². The molecule has 2 aliphatic heterocycles. The molecule has 0 radical (unpaired) electrons. The van der Waals surface area contributed by atoms with Crippen molar-refractivity contribution in [3.8, 4) is 0 Å². The average molecular weight is 199 g/mol. The van der Waals surface area contributed by atoms with Gasteiger partial charge in [-0.2, -0.15) is 0 Å². The van der Waals surface area contributed by atoms with Crippen LogP contribution < -0.4 is 0 Å². The van der Waals surface area contributed by atoms with Gasteiger partial charge in [0.25, 0.3) is 0 Å². The second-order valence-corrected chi connectivity index (χ2v) is 4.81. The van der Waals surface area contributed by atoms with Gasteiger partial charge in [0.1, 0.15) is 11.4 Å². The molecule has 82 valence electrons. The van der Waals surface area contributed by atoms with Crippen LogP contribution in [0.25, 0.3) is 0 Å². The molecule has 2 heterocycles. The molecule has 0 spiro atoms. The molecule has 2 bridgehead atoms. The molecule has 2 unspecified atom stereocenters. The van der Waals surface area contributed by atoms with Crippen molar-refractivity contribution in [2.45, 2.75) is 51.0 Å². The van der Waals surface area contributed by atoms with E-state index < -0.39 is 0 Å². The zero-order valence-corrected chi connectivity index (χ0v) is 9.51. The maximum absolute atomic E-state index is 5.96. The first kappa shape index (κ1) is 10.4. The van der Waals surface area contributed by atoms with Crippen LogP contribution in [0.3, 0.4) is 0 Å². The molecular formula is C11H21NO2. The number of hydrogen-bond donors (Lipinski definition) is 0. The Labute approximate surface area is 86.4 Å². The van der Waals surface area contributed by atoms with Crippen molar-refractivity contribution in [1.82, 2.24) is 4.90 Å². The molecule has 2 atom stereocenters. The van der Waals surface area contributed by atoms with Crippen LogP contribution in [-0.4, -0.2) is 36.6 Å². The zero-order valence-electron chi connectivity index (χ0n) is 9.51. The summed E-state index contributed by atoms with van der Waals surface area (Å²) in [6.07, 6.45) is 4.36. The van der Waals surface area contributed by atoms with E-state index in [1.807, 2.05) is 0 Å². The maximum atomic E-state index is 5.96. The van der Waals surface area contributed by atoms with Gasteiger partial charge in [-0.3, -0.25) is 4.90 Å². The van der Waals surface area contributed by atoms with Crippen molar-refractivity contribution in [2.24, 2.45) is 0 Å². The van der Waals surface area contributed by atoms with E-state index >= 15 is 0 Å². The second kappa shape index (κ2) is 3.47. The van der Waals surface area contributed by atoms with Crippen LogP contribution in [0.2, 0.25) is 0 Å². The summed E-state index contributed by atoms with van der Waals surface area (Å²) in [5.41, 5.74) is -0.224. The summed E-state index contributed by atoms with van der Waals surface area (Å²) >= 11 is 0. The fourth-order valence-corrected chi connectivity index (χ4v) is 2.43. The molecule has 0 aromatic carbocycles.